The van der Waals surface area contributed by atoms with Gasteiger partial charge in [-0.1, -0.05) is 0 Å². The first-order valence-electron chi connectivity index (χ1n) is 5.90. The van der Waals surface area contributed by atoms with Gasteiger partial charge in [-0.2, -0.15) is 15.0 Å². The molecule has 0 bridgehead atoms. The van der Waals surface area contributed by atoms with Crippen LogP contribution < -0.4 is 17.2 Å². The summed E-state index contributed by atoms with van der Waals surface area (Å²) < 4.78 is 15.7. The van der Waals surface area contributed by atoms with Gasteiger partial charge in [0.05, 0.1) is 0 Å². The fraction of sp³-hybridized carbons (Fsp3) is 0.667. The molecule has 6 N–H and O–H groups in total. The van der Waals surface area contributed by atoms with Gasteiger partial charge in [-0.25, -0.2) is 0 Å². The number of anilines is 3. The quantitative estimate of drug-likeness (QED) is 0.586. The first-order valence-corrected chi connectivity index (χ1v) is 7.32. The molecule has 0 radical (unpaired) electrons. The van der Waals surface area contributed by atoms with E-state index < -0.39 is 9.53 Å². The van der Waals surface area contributed by atoms with Crippen molar-refractivity contribution in [1.29, 1.82) is 0 Å². The molecule has 0 atom stereocenters. The number of nitrogen functional groups attached to an aromatic ring is 3. The maximum absolute atomic E-state index is 5.22. The van der Waals surface area contributed by atoms with Crippen molar-refractivity contribution in [3.8, 4) is 0 Å². The second kappa shape index (κ2) is 10.4. The smallest absolute Gasteiger partial charge is 0.376 e. The zero-order chi connectivity index (χ0) is 14.7. The van der Waals surface area contributed by atoms with Gasteiger partial charge in [0.1, 0.15) is 0 Å². The number of nitrogens with two attached hydrogens (primary N) is 3. The van der Waals surface area contributed by atoms with E-state index in [0.29, 0.717) is 19.8 Å². The molecule has 10 heteroatoms. The van der Waals surface area contributed by atoms with Crippen molar-refractivity contribution in [3.05, 3.63) is 0 Å². The molecule has 1 aromatic rings. The SMILES string of the molecule is CCO[SiH](OCC)OCC.Nc1nc(N)nc(N)n1. The molecule has 0 saturated carbocycles. The van der Waals surface area contributed by atoms with Gasteiger partial charge in [-0.3, -0.25) is 0 Å². The lowest BCUT2D eigenvalue weighted by atomic mass is 10.9. The summed E-state index contributed by atoms with van der Waals surface area (Å²) in [6, 6.07) is 0. The molecule has 0 amide bonds. The molecule has 1 rings (SSSR count). The van der Waals surface area contributed by atoms with Gasteiger partial charge in [-0.05, 0) is 20.8 Å². The van der Waals surface area contributed by atoms with E-state index in [9.17, 15) is 0 Å². The van der Waals surface area contributed by atoms with Gasteiger partial charge in [0.15, 0.2) is 0 Å². The van der Waals surface area contributed by atoms with Crippen LogP contribution >= 0.6 is 0 Å². The Morgan fingerprint density at radius 3 is 1.21 bits per heavy atom. The van der Waals surface area contributed by atoms with Gasteiger partial charge in [-0.15, -0.1) is 0 Å². The number of hydrogen-bond acceptors (Lipinski definition) is 9. The van der Waals surface area contributed by atoms with Crippen molar-refractivity contribution in [2.75, 3.05) is 37.0 Å². The summed E-state index contributed by atoms with van der Waals surface area (Å²) in [5, 5.41) is 0. The monoisotopic (exact) mass is 290 g/mol. The van der Waals surface area contributed by atoms with Crippen molar-refractivity contribution >= 4 is 27.4 Å². The Balaban J connectivity index is 0.000000342. The van der Waals surface area contributed by atoms with E-state index in [1.807, 2.05) is 20.8 Å². The minimum atomic E-state index is -1.73. The third-order valence-corrected chi connectivity index (χ3v) is 3.41. The van der Waals surface area contributed by atoms with Crippen molar-refractivity contribution in [2.45, 2.75) is 20.8 Å². The normalized spacial score (nSPS) is 10.1. The van der Waals surface area contributed by atoms with E-state index in [1.165, 1.54) is 0 Å². The molecule has 9 nitrogen and oxygen atoms in total. The molecule has 0 aliphatic rings. The van der Waals surface area contributed by atoms with Crippen molar-refractivity contribution in [1.82, 2.24) is 15.0 Å². The maximum Gasteiger partial charge on any atom is 0.484 e. The topological polar surface area (TPSA) is 144 Å². The summed E-state index contributed by atoms with van der Waals surface area (Å²) in [6.45, 7) is 7.86. The standard InChI is InChI=1S/C6H16O3Si.C3H6N6/c1-4-7-10(8-5-2)9-6-3;4-1-7-2(5)9-3(6)8-1/h10H,4-6H2,1-3H3;(H6,4,5,6,7,8,9). The highest BCUT2D eigenvalue weighted by Crippen LogP contribution is 1.97. The van der Waals surface area contributed by atoms with Crippen LogP contribution in [-0.2, 0) is 13.3 Å². The number of aromatic nitrogens is 3. The van der Waals surface area contributed by atoms with E-state index in [0.717, 1.165) is 0 Å². The first kappa shape index (κ1) is 17.5. The maximum atomic E-state index is 5.22. The molecule has 0 fully saturated rings. The molecule has 1 heterocycles. The summed E-state index contributed by atoms with van der Waals surface area (Å²) in [4.78, 5) is 10.5. The van der Waals surface area contributed by atoms with Crippen LogP contribution in [0.5, 0.6) is 0 Å². The van der Waals surface area contributed by atoms with Crippen molar-refractivity contribution < 1.29 is 13.3 Å². The number of rotatable bonds is 6. The molecule has 0 aliphatic heterocycles. The lowest BCUT2D eigenvalue weighted by molar-refractivity contribution is 0.107. The summed E-state index contributed by atoms with van der Waals surface area (Å²) >= 11 is 0. The molecule has 1 aromatic heterocycles. The number of nitrogens with zero attached hydrogens (tertiary/aromatic N) is 3. The van der Waals surface area contributed by atoms with Crippen LogP contribution in [0, 0.1) is 0 Å². The van der Waals surface area contributed by atoms with E-state index in [1.54, 1.807) is 0 Å². The van der Waals surface area contributed by atoms with E-state index in [-0.39, 0.29) is 17.8 Å². The Kier molecular flexibility index (Phi) is 9.61. The zero-order valence-electron chi connectivity index (χ0n) is 11.5. The van der Waals surface area contributed by atoms with E-state index in [2.05, 4.69) is 15.0 Å². The Hall–Kier alpha value is -1.49. The van der Waals surface area contributed by atoms with Crippen LogP contribution in [0.4, 0.5) is 17.8 Å². The molecule has 0 aliphatic carbocycles. The molecular weight excluding hydrogens is 268 g/mol. The van der Waals surface area contributed by atoms with Gasteiger partial charge in [0.2, 0.25) is 17.8 Å². The van der Waals surface area contributed by atoms with Gasteiger partial charge in [0, 0.05) is 19.8 Å². The van der Waals surface area contributed by atoms with Gasteiger partial charge in [0.25, 0.3) is 0 Å². The predicted octanol–water partition coefficient (Wildman–Crippen LogP) is -0.569. The molecule has 110 valence electrons. The van der Waals surface area contributed by atoms with Crippen molar-refractivity contribution in [3.63, 3.8) is 0 Å². The Labute approximate surface area is 114 Å². The highest BCUT2D eigenvalue weighted by Gasteiger charge is 2.11. The lowest BCUT2D eigenvalue weighted by Crippen LogP contribution is -2.27. The summed E-state index contributed by atoms with van der Waals surface area (Å²) in [6.07, 6.45) is 0. The highest BCUT2D eigenvalue weighted by atomic mass is 28.3. The summed E-state index contributed by atoms with van der Waals surface area (Å²) in [5.74, 6) is 0.125. The fourth-order valence-electron chi connectivity index (χ4n) is 0.980. The minimum Gasteiger partial charge on any atom is -0.376 e. The third-order valence-electron chi connectivity index (χ3n) is 1.60. The van der Waals surface area contributed by atoms with Crippen LogP contribution in [0.2, 0.25) is 0 Å². The molecule has 0 aromatic carbocycles. The molecule has 0 spiro atoms. The molecule has 19 heavy (non-hydrogen) atoms. The van der Waals surface area contributed by atoms with Crippen LogP contribution in [0.1, 0.15) is 20.8 Å². The minimum absolute atomic E-state index is 0.0417. The average molecular weight is 290 g/mol. The first-order chi connectivity index (χ1) is 9.03. The van der Waals surface area contributed by atoms with Crippen molar-refractivity contribution in [2.24, 2.45) is 0 Å². The Bertz CT molecular complexity index is 292. The van der Waals surface area contributed by atoms with Gasteiger partial charge >= 0.3 is 9.53 Å². The lowest BCUT2D eigenvalue weighted by Gasteiger charge is -2.12. The predicted molar refractivity (Wildman–Crippen MR) is 75.1 cm³/mol. The largest absolute Gasteiger partial charge is 0.484 e. The van der Waals surface area contributed by atoms with Crippen LogP contribution in [0.3, 0.4) is 0 Å². The molecule has 0 saturated heterocycles. The van der Waals surface area contributed by atoms with E-state index in [4.69, 9.17) is 30.5 Å². The fourth-order valence-corrected chi connectivity index (χ4v) is 2.08. The highest BCUT2D eigenvalue weighted by molar-refractivity contribution is 6.36. The summed E-state index contributed by atoms with van der Waals surface area (Å²) in [5.41, 5.74) is 15.4. The zero-order valence-corrected chi connectivity index (χ0v) is 12.7. The summed E-state index contributed by atoms with van der Waals surface area (Å²) in [7, 11) is -1.73. The Morgan fingerprint density at radius 1 is 0.737 bits per heavy atom. The Morgan fingerprint density at radius 2 is 1.00 bits per heavy atom. The molecule has 0 unspecified atom stereocenters. The average Bonchev–Trinajstić information content (AvgIpc) is 2.28. The van der Waals surface area contributed by atoms with Gasteiger partial charge < -0.3 is 30.5 Å². The second-order valence-electron chi connectivity index (χ2n) is 3.06. The van der Waals surface area contributed by atoms with Crippen LogP contribution in [-0.4, -0.2) is 44.3 Å². The van der Waals surface area contributed by atoms with Crippen LogP contribution in [0.25, 0.3) is 0 Å². The van der Waals surface area contributed by atoms with E-state index >= 15 is 0 Å². The molecular formula is C9H22N6O3Si. The third kappa shape index (κ3) is 9.13. The second-order valence-corrected chi connectivity index (χ2v) is 4.64. The number of hydrogen-bond donors (Lipinski definition) is 3. The van der Waals surface area contributed by atoms with Crippen LogP contribution in [0.15, 0.2) is 0 Å².